The molecule has 0 amide bonds. The zero-order chi connectivity index (χ0) is 49.7. The number of nitrogens with zero attached hydrogens (tertiary/aromatic N) is 3. The molecule has 0 radical (unpaired) electrons. The highest BCUT2D eigenvalue weighted by Crippen LogP contribution is 2.44. The van der Waals surface area contributed by atoms with Crippen LogP contribution in [0.4, 0.5) is 51.2 Å². The van der Waals surface area contributed by atoms with Crippen LogP contribution in [0.1, 0.15) is 0 Å². The largest absolute Gasteiger partial charge is 0.310 e. The minimum Gasteiger partial charge on any atom is -0.310 e. The van der Waals surface area contributed by atoms with Gasteiger partial charge < -0.3 is 14.7 Å². The summed E-state index contributed by atoms with van der Waals surface area (Å²) in [6.45, 7) is 0. The van der Waals surface area contributed by atoms with Crippen molar-refractivity contribution in [2.75, 3.05) is 14.7 Å². The fourth-order valence-corrected chi connectivity index (χ4v) is 11.3. The molecule has 0 N–H and O–H groups in total. The Morgan fingerprint density at radius 2 is 0.480 bits per heavy atom. The summed E-state index contributed by atoms with van der Waals surface area (Å²) in [6, 6.07) is 108. The zero-order valence-electron chi connectivity index (χ0n) is 41.1. The predicted octanol–water partition coefficient (Wildman–Crippen LogP) is 20.7. The molecule has 14 rings (SSSR count). The lowest BCUT2D eigenvalue weighted by Crippen LogP contribution is -2.10. The first kappa shape index (κ1) is 43.8. The first-order valence-electron chi connectivity index (χ1n) is 25.7. The zero-order valence-corrected chi connectivity index (χ0v) is 41.1. The minimum atomic E-state index is 1.10. The van der Waals surface area contributed by atoms with Crippen LogP contribution >= 0.6 is 0 Å². The summed E-state index contributed by atoms with van der Waals surface area (Å²) in [5.41, 5.74) is 12.5. The van der Waals surface area contributed by atoms with Crippen molar-refractivity contribution in [1.82, 2.24) is 0 Å². The Morgan fingerprint density at radius 1 is 0.160 bits per heavy atom. The van der Waals surface area contributed by atoms with Gasteiger partial charge in [0.1, 0.15) is 0 Å². The number of benzene rings is 14. The predicted molar refractivity (Wildman–Crippen MR) is 321 cm³/mol. The van der Waals surface area contributed by atoms with Crippen LogP contribution < -0.4 is 14.7 Å². The normalized spacial score (nSPS) is 11.5. The number of para-hydroxylation sites is 3. The lowest BCUT2D eigenvalue weighted by molar-refractivity contribution is 1.29. The smallest absolute Gasteiger partial charge is 0.0540 e. The van der Waals surface area contributed by atoms with Gasteiger partial charge in [-0.25, -0.2) is 0 Å². The van der Waals surface area contributed by atoms with Gasteiger partial charge in [-0.05, 0) is 168 Å². The Balaban J connectivity index is 0.779. The fourth-order valence-electron chi connectivity index (χ4n) is 11.3. The molecule has 0 unspecified atom stereocenters. The van der Waals surface area contributed by atoms with Crippen molar-refractivity contribution in [3.63, 3.8) is 0 Å². The Morgan fingerprint density at radius 3 is 0.933 bits per heavy atom. The summed E-state index contributed by atoms with van der Waals surface area (Å²) < 4.78 is 0. The fraction of sp³-hybridized carbons (Fsp3) is 0. The molecule has 0 heterocycles. The van der Waals surface area contributed by atoms with E-state index in [4.69, 9.17) is 0 Å². The van der Waals surface area contributed by atoms with Crippen molar-refractivity contribution in [2.45, 2.75) is 0 Å². The highest BCUT2D eigenvalue weighted by Gasteiger charge is 2.19. The molecular weight excluding hydrogens is 907 g/mol. The molecule has 0 aliphatic carbocycles. The Labute approximate surface area is 436 Å². The molecule has 3 heteroatoms. The molecule has 14 aromatic rings. The number of hydrogen-bond donors (Lipinski definition) is 0. The standard InChI is InChI=1S/C72H49N3/c1-4-20-58(21-5-1)73(62-39-43-67-55(47-62)32-33-57-49-64(41-45-68(57)67)75(60-24-8-3-9-25-60)72-29-15-19-52-17-11-13-27-70(52)72)61-37-34-50(35-38-61)53-36-42-65-54(46-53)30-31-56-48-63(40-44-66(56)65)74(59-22-6-2-7-23-59)71-28-14-18-51-16-10-12-26-69(51)71/h1-49H. The monoisotopic (exact) mass is 955 g/mol. The SMILES string of the molecule is c1ccc(N(c2ccc(-c3ccc4c(ccc5cc(N(c6ccccc6)c6cccc7ccccc67)ccc54)c3)cc2)c2ccc3c(ccc4cc(N(c5ccccc5)c5cccc6ccccc56)ccc43)c2)cc1. The van der Waals surface area contributed by atoms with E-state index in [9.17, 15) is 0 Å². The molecule has 75 heavy (non-hydrogen) atoms. The van der Waals surface area contributed by atoms with E-state index < -0.39 is 0 Å². The van der Waals surface area contributed by atoms with Crippen molar-refractivity contribution in [3.8, 4) is 11.1 Å². The molecule has 0 atom stereocenters. The van der Waals surface area contributed by atoms with Gasteiger partial charge in [0.25, 0.3) is 0 Å². The molecule has 352 valence electrons. The van der Waals surface area contributed by atoms with E-state index in [0.29, 0.717) is 0 Å². The van der Waals surface area contributed by atoms with Gasteiger partial charge in [0.2, 0.25) is 0 Å². The third-order valence-electron chi connectivity index (χ3n) is 14.9. The van der Waals surface area contributed by atoms with E-state index in [1.165, 1.54) is 75.8 Å². The summed E-state index contributed by atoms with van der Waals surface area (Å²) in [5.74, 6) is 0. The van der Waals surface area contributed by atoms with Crippen molar-refractivity contribution in [3.05, 3.63) is 297 Å². The number of rotatable bonds is 10. The van der Waals surface area contributed by atoms with E-state index in [-0.39, 0.29) is 0 Å². The second-order valence-electron chi connectivity index (χ2n) is 19.3. The van der Waals surface area contributed by atoms with E-state index in [1.54, 1.807) is 0 Å². The Hall–Kier alpha value is -9.96. The maximum Gasteiger partial charge on any atom is 0.0540 e. The van der Waals surface area contributed by atoms with Gasteiger partial charge in [0, 0.05) is 50.6 Å². The second kappa shape index (κ2) is 18.6. The number of anilines is 9. The van der Waals surface area contributed by atoms with Gasteiger partial charge in [0.15, 0.2) is 0 Å². The third-order valence-corrected chi connectivity index (χ3v) is 14.9. The Bertz CT molecular complexity index is 4410. The van der Waals surface area contributed by atoms with E-state index in [0.717, 1.165) is 51.2 Å². The second-order valence-corrected chi connectivity index (χ2v) is 19.3. The highest BCUT2D eigenvalue weighted by molar-refractivity contribution is 6.12. The summed E-state index contributed by atoms with van der Waals surface area (Å²) >= 11 is 0. The van der Waals surface area contributed by atoms with Crippen LogP contribution in [0.15, 0.2) is 297 Å². The topological polar surface area (TPSA) is 9.72 Å². The Kier molecular flexibility index (Phi) is 10.8. The van der Waals surface area contributed by atoms with E-state index in [2.05, 4.69) is 312 Å². The maximum absolute atomic E-state index is 2.38. The quantitative estimate of drug-likeness (QED) is 0.127. The number of fused-ring (bicyclic) bond motifs is 8. The van der Waals surface area contributed by atoms with Crippen LogP contribution in [0.3, 0.4) is 0 Å². The third kappa shape index (κ3) is 7.95. The van der Waals surface area contributed by atoms with Crippen LogP contribution in [0.25, 0.3) is 75.8 Å². The molecular formula is C72H49N3. The molecule has 0 saturated carbocycles. The molecule has 3 nitrogen and oxygen atoms in total. The first-order valence-corrected chi connectivity index (χ1v) is 25.7. The summed E-state index contributed by atoms with van der Waals surface area (Å²) in [5, 5.41) is 14.6. The summed E-state index contributed by atoms with van der Waals surface area (Å²) in [4.78, 5) is 7.11. The van der Waals surface area contributed by atoms with Crippen molar-refractivity contribution in [1.29, 1.82) is 0 Å². The maximum atomic E-state index is 2.38. The lowest BCUT2D eigenvalue weighted by Gasteiger charge is -2.27. The van der Waals surface area contributed by atoms with E-state index in [1.807, 2.05) is 0 Å². The van der Waals surface area contributed by atoms with Gasteiger partial charge in [-0.2, -0.15) is 0 Å². The van der Waals surface area contributed by atoms with Crippen LogP contribution in [0, 0.1) is 0 Å². The first-order chi connectivity index (χ1) is 37.2. The summed E-state index contributed by atoms with van der Waals surface area (Å²) in [7, 11) is 0. The van der Waals surface area contributed by atoms with Gasteiger partial charge in [-0.1, -0.05) is 194 Å². The summed E-state index contributed by atoms with van der Waals surface area (Å²) in [6.07, 6.45) is 0. The minimum absolute atomic E-state index is 1.10. The van der Waals surface area contributed by atoms with Crippen LogP contribution in [-0.2, 0) is 0 Å². The lowest BCUT2D eigenvalue weighted by atomic mass is 9.96. The van der Waals surface area contributed by atoms with Gasteiger partial charge in [-0.15, -0.1) is 0 Å². The van der Waals surface area contributed by atoms with Crippen molar-refractivity contribution in [2.24, 2.45) is 0 Å². The van der Waals surface area contributed by atoms with Gasteiger partial charge in [-0.3, -0.25) is 0 Å². The molecule has 0 aliphatic rings. The molecule has 14 aromatic carbocycles. The highest BCUT2D eigenvalue weighted by atomic mass is 15.2. The number of hydrogen-bond acceptors (Lipinski definition) is 3. The average molecular weight is 956 g/mol. The molecule has 0 fully saturated rings. The van der Waals surface area contributed by atoms with Crippen molar-refractivity contribution < 1.29 is 0 Å². The molecule has 0 spiro atoms. The van der Waals surface area contributed by atoms with Crippen LogP contribution in [0.5, 0.6) is 0 Å². The van der Waals surface area contributed by atoms with Crippen LogP contribution in [0.2, 0.25) is 0 Å². The van der Waals surface area contributed by atoms with Gasteiger partial charge >= 0.3 is 0 Å². The van der Waals surface area contributed by atoms with Gasteiger partial charge in [0.05, 0.1) is 11.4 Å². The molecule has 0 aliphatic heterocycles. The van der Waals surface area contributed by atoms with Crippen molar-refractivity contribution >= 4 is 116 Å². The van der Waals surface area contributed by atoms with E-state index >= 15 is 0 Å². The average Bonchev–Trinajstić information content (AvgIpc) is 3.48. The molecule has 0 saturated heterocycles. The van der Waals surface area contributed by atoms with Crippen LogP contribution in [-0.4, -0.2) is 0 Å². The molecule has 0 bridgehead atoms. The molecule has 0 aromatic heterocycles.